The molecule has 0 aromatic rings. The third-order valence-corrected chi connectivity index (χ3v) is 2.39. The Bertz CT molecular complexity index is 158. The summed E-state index contributed by atoms with van der Waals surface area (Å²) in [5.74, 6) is 0. The average molecular weight is 235 g/mol. The van der Waals surface area contributed by atoms with E-state index in [9.17, 15) is 13.2 Å². The maximum Gasteiger partial charge on any atom is 0.407 e. The first-order chi connectivity index (χ1) is 4.50. The monoisotopic (exact) mass is 234 g/mol. The van der Waals surface area contributed by atoms with Gasteiger partial charge in [-0.3, -0.25) is 0 Å². The summed E-state index contributed by atoms with van der Waals surface area (Å²) >= 11 is 3.34. The number of hydrogen-bond acceptors (Lipinski definition) is 3. The van der Waals surface area contributed by atoms with E-state index in [-0.39, 0.29) is 0 Å². The molecule has 0 aromatic heterocycles. The van der Waals surface area contributed by atoms with Gasteiger partial charge in [0.05, 0.1) is 22.4 Å². The molecule has 2 nitrogen and oxygen atoms in total. The van der Waals surface area contributed by atoms with Crippen molar-refractivity contribution in [2.24, 2.45) is 5.10 Å². The highest BCUT2D eigenvalue weighted by Gasteiger charge is 2.43. The van der Waals surface area contributed by atoms with Gasteiger partial charge in [0.25, 0.3) is 0 Å². The highest BCUT2D eigenvalue weighted by Crippen LogP contribution is 2.36. The molecule has 0 radical (unpaired) electrons. The fourth-order valence-corrected chi connectivity index (χ4v) is 1.58. The second kappa shape index (κ2) is 2.61. The lowest BCUT2D eigenvalue weighted by molar-refractivity contribution is -0.115. The van der Waals surface area contributed by atoms with E-state index in [4.69, 9.17) is 0 Å². The molecule has 0 spiro atoms. The van der Waals surface area contributed by atoms with Crippen LogP contribution >= 0.6 is 28.1 Å². The first-order valence-corrected chi connectivity index (χ1v) is 3.78. The van der Waals surface area contributed by atoms with Gasteiger partial charge in [0, 0.05) is 11.9 Å². The summed E-state index contributed by atoms with van der Waals surface area (Å²) in [6.07, 6.45) is -3.35. The van der Waals surface area contributed by atoms with Gasteiger partial charge in [0.15, 0.2) is 5.25 Å². The van der Waals surface area contributed by atoms with Crippen LogP contribution in [-0.2, 0) is 0 Å². The molecule has 1 heterocycles. The largest absolute Gasteiger partial charge is 0.407 e. The molecule has 0 aliphatic carbocycles. The van der Waals surface area contributed by atoms with Crippen LogP contribution in [0, 0.1) is 0 Å². The molecule has 1 unspecified atom stereocenters. The summed E-state index contributed by atoms with van der Waals surface area (Å²) in [7, 11) is 0. The highest BCUT2D eigenvalue weighted by atomic mass is 79.9. The number of alkyl halides is 3. The zero-order valence-electron chi connectivity index (χ0n) is 4.47. The second-order valence-corrected chi connectivity index (χ2v) is 3.76. The van der Waals surface area contributed by atoms with Gasteiger partial charge < -0.3 is 0 Å². The SMILES string of the molecule is FC(F)(F)C1C=NN(Br)S1. The summed E-state index contributed by atoms with van der Waals surface area (Å²) in [5, 5.41) is 1.84. The Labute approximate surface area is 67.9 Å². The Morgan fingerprint density at radius 1 is 1.60 bits per heavy atom. The van der Waals surface area contributed by atoms with E-state index in [1.165, 1.54) is 0 Å². The van der Waals surface area contributed by atoms with Crippen molar-refractivity contribution < 1.29 is 13.2 Å². The van der Waals surface area contributed by atoms with Crippen molar-refractivity contribution in [1.29, 1.82) is 0 Å². The lowest BCUT2D eigenvalue weighted by Gasteiger charge is -2.10. The van der Waals surface area contributed by atoms with E-state index < -0.39 is 11.4 Å². The van der Waals surface area contributed by atoms with E-state index in [0.29, 0.717) is 11.9 Å². The van der Waals surface area contributed by atoms with Crippen molar-refractivity contribution in [3.63, 3.8) is 0 Å². The predicted octanol–water partition coefficient (Wildman–Crippen LogP) is 2.18. The van der Waals surface area contributed by atoms with Crippen molar-refractivity contribution in [3.05, 3.63) is 0 Å². The molecule has 0 saturated heterocycles. The first kappa shape index (κ1) is 8.19. The quantitative estimate of drug-likeness (QED) is 0.472. The molecule has 10 heavy (non-hydrogen) atoms. The molecule has 1 atom stereocenters. The molecule has 58 valence electrons. The Kier molecular flexibility index (Phi) is 2.14. The zero-order chi connectivity index (χ0) is 7.78. The topological polar surface area (TPSA) is 15.6 Å². The molecular formula is C3H2BrF3N2S. The Balaban J connectivity index is 2.55. The van der Waals surface area contributed by atoms with E-state index in [0.717, 1.165) is 9.65 Å². The maximum atomic E-state index is 11.8. The van der Waals surface area contributed by atoms with Crippen LogP contribution in [0.2, 0.25) is 0 Å². The minimum atomic E-state index is -4.20. The summed E-state index contributed by atoms with van der Waals surface area (Å²) in [6, 6.07) is 0. The van der Waals surface area contributed by atoms with E-state index in [1.807, 2.05) is 0 Å². The van der Waals surface area contributed by atoms with Gasteiger partial charge in [-0.15, -0.1) is 0 Å². The normalized spacial score (nSPS) is 26.0. The van der Waals surface area contributed by atoms with Crippen LogP contribution in [0.3, 0.4) is 0 Å². The van der Waals surface area contributed by atoms with Gasteiger partial charge in [-0.2, -0.15) is 21.7 Å². The van der Waals surface area contributed by atoms with E-state index in [1.54, 1.807) is 0 Å². The molecular weight excluding hydrogens is 233 g/mol. The minimum absolute atomic E-state index is 0.575. The number of rotatable bonds is 0. The van der Waals surface area contributed by atoms with E-state index in [2.05, 4.69) is 21.2 Å². The minimum Gasteiger partial charge on any atom is -0.170 e. The number of hydrazone groups is 1. The van der Waals surface area contributed by atoms with Crippen molar-refractivity contribution in [2.45, 2.75) is 11.4 Å². The van der Waals surface area contributed by atoms with Crippen LogP contribution in [0.25, 0.3) is 0 Å². The van der Waals surface area contributed by atoms with Gasteiger partial charge in [0.1, 0.15) is 0 Å². The lowest BCUT2D eigenvalue weighted by Crippen LogP contribution is -2.25. The fraction of sp³-hybridized carbons (Fsp3) is 0.667. The third-order valence-electron chi connectivity index (χ3n) is 0.816. The highest BCUT2D eigenvalue weighted by molar-refractivity contribution is 9.09. The van der Waals surface area contributed by atoms with Crippen LogP contribution < -0.4 is 0 Å². The molecule has 0 N–H and O–H groups in total. The third kappa shape index (κ3) is 1.79. The Hall–Kier alpha value is 0.0900. The van der Waals surface area contributed by atoms with Gasteiger partial charge in [-0.25, -0.2) is 0 Å². The summed E-state index contributed by atoms with van der Waals surface area (Å²) in [6.45, 7) is 0. The van der Waals surface area contributed by atoms with Gasteiger partial charge >= 0.3 is 6.18 Å². The van der Waals surface area contributed by atoms with E-state index >= 15 is 0 Å². The van der Waals surface area contributed by atoms with Crippen molar-refractivity contribution in [2.75, 3.05) is 0 Å². The molecule has 1 aliphatic rings. The molecule has 1 aliphatic heterocycles. The zero-order valence-corrected chi connectivity index (χ0v) is 6.87. The molecule has 0 fully saturated rings. The average Bonchev–Trinajstić information content (AvgIpc) is 2.11. The summed E-state index contributed by atoms with van der Waals surface area (Å²) in [4.78, 5) is 0. The smallest absolute Gasteiger partial charge is 0.170 e. The van der Waals surface area contributed by atoms with Crippen LogP contribution in [-0.4, -0.2) is 21.1 Å². The van der Waals surface area contributed by atoms with Crippen molar-refractivity contribution >= 4 is 34.3 Å². The van der Waals surface area contributed by atoms with Crippen molar-refractivity contribution in [3.8, 4) is 0 Å². The lowest BCUT2D eigenvalue weighted by atomic mass is 10.4. The van der Waals surface area contributed by atoms with Crippen LogP contribution in [0.5, 0.6) is 0 Å². The summed E-state index contributed by atoms with van der Waals surface area (Å²) in [5.41, 5.74) is 0. The number of halogens is 4. The molecule has 0 amide bonds. The Morgan fingerprint density at radius 2 is 2.20 bits per heavy atom. The fourth-order valence-electron chi connectivity index (χ4n) is 0.405. The van der Waals surface area contributed by atoms with Crippen LogP contribution in [0.15, 0.2) is 5.10 Å². The standard InChI is InChI=1S/C3H2BrF3N2S/c4-9-8-1-2(10-9)3(5,6)7/h1-2H. The maximum absolute atomic E-state index is 11.8. The Morgan fingerprint density at radius 3 is 2.40 bits per heavy atom. The predicted molar refractivity (Wildman–Crippen MR) is 36.7 cm³/mol. The molecule has 0 aromatic carbocycles. The summed E-state index contributed by atoms with van der Waals surface area (Å²) < 4.78 is 36.3. The molecule has 0 saturated carbocycles. The van der Waals surface area contributed by atoms with Crippen molar-refractivity contribution in [1.82, 2.24) is 3.44 Å². The van der Waals surface area contributed by atoms with Gasteiger partial charge in [-0.05, 0) is 0 Å². The number of nitrogens with zero attached hydrogens (tertiary/aromatic N) is 2. The second-order valence-electron chi connectivity index (χ2n) is 1.56. The van der Waals surface area contributed by atoms with Gasteiger partial charge in [-0.1, -0.05) is 0 Å². The van der Waals surface area contributed by atoms with Gasteiger partial charge in [0.2, 0.25) is 0 Å². The van der Waals surface area contributed by atoms with Crippen LogP contribution in [0.1, 0.15) is 0 Å². The van der Waals surface area contributed by atoms with Crippen LogP contribution in [0.4, 0.5) is 13.2 Å². The molecule has 0 bridgehead atoms. The molecule has 7 heteroatoms. The molecule has 1 rings (SSSR count). The first-order valence-electron chi connectivity index (χ1n) is 2.23. The number of hydrogen-bond donors (Lipinski definition) is 0.